The standard InChI is InChI=1S/C36H31NOSi/c1-22-19-25(39(3,4)5)14-16-26(22)33-20-34(37-21-23(33)2)32-12-8-11-29-31-18-17-28-27-10-7-6-9-24(27)13-15-30(28)35(31)38-36(29)32/h6-21H,1-5H3/i1D3,2D3,16D. The van der Waals surface area contributed by atoms with E-state index in [0.29, 0.717) is 16.8 Å². The maximum Gasteiger partial charge on any atom is 0.144 e. The zero-order chi connectivity index (χ0) is 32.8. The van der Waals surface area contributed by atoms with Crippen molar-refractivity contribution in [2.45, 2.75) is 33.3 Å². The maximum atomic E-state index is 9.01. The van der Waals surface area contributed by atoms with Crippen LogP contribution in [0.2, 0.25) is 19.6 Å². The van der Waals surface area contributed by atoms with Gasteiger partial charge in [-0.15, -0.1) is 0 Å². The van der Waals surface area contributed by atoms with Crippen molar-refractivity contribution in [1.29, 1.82) is 0 Å². The molecule has 2 heterocycles. The lowest BCUT2D eigenvalue weighted by Crippen LogP contribution is -2.37. The summed E-state index contributed by atoms with van der Waals surface area (Å²) in [6.07, 6.45) is 1.29. The van der Waals surface area contributed by atoms with Crippen LogP contribution >= 0.6 is 0 Å². The van der Waals surface area contributed by atoms with Crippen LogP contribution in [-0.4, -0.2) is 13.1 Å². The highest BCUT2D eigenvalue weighted by Crippen LogP contribution is 2.40. The number of nitrogens with zero attached hydrogens (tertiary/aromatic N) is 1. The largest absolute Gasteiger partial charge is 0.455 e. The van der Waals surface area contributed by atoms with Crippen LogP contribution in [0.25, 0.3) is 65.9 Å². The van der Waals surface area contributed by atoms with Crippen LogP contribution in [0.4, 0.5) is 0 Å². The Morgan fingerprint density at radius 2 is 1.41 bits per heavy atom. The fourth-order valence-electron chi connectivity index (χ4n) is 5.51. The van der Waals surface area contributed by atoms with Crippen molar-refractivity contribution in [3.63, 3.8) is 0 Å². The van der Waals surface area contributed by atoms with E-state index in [1.807, 2.05) is 30.3 Å². The highest BCUT2D eigenvalue weighted by molar-refractivity contribution is 6.88. The summed E-state index contributed by atoms with van der Waals surface area (Å²) in [6, 6.07) is 27.2. The van der Waals surface area contributed by atoms with E-state index in [4.69, 9.17) is 14.0 Å². The lowest BCUT2D eigenvalue weighted by Gasteiger charge is -2.19. The molecule has 0 unspecified atom stereocenters. The molecule has 5 aromatic carbocycles. The van der Waals surface area contributed by atoms with Crippen molar-refractivity contribution in [2.24, 2.45) is 0 Å². The number of benzene rings is 5. The Morgan fingerprint density at radius 3 is 2.26 bits per heavy atom. The minimum atomic E-state index is -2.59. The smallest absolute Gasteiger partial charge is 0.144 e. The first-order valence-electron chi connectivity index (χ1n) is 16.6. The molecule has 0 amide bonds. The molecule has 0 radical (unpaired) electrons. The normalized spacial score (nSPS) is 15.5. The molecule has 0 saturated heterocycles. The second-order valence-electron chi connectivity index (χ2n) is 11.2. The van der Waals surface area contributed by atoms with Gasteiger partial charge < -0.3 is 4.42 Å². The van der Waals surface area contributed by atoms with Crippen molar-refractivity contribution in [2.75, 3.05) is 0 Å². The minimum absolute atomic E-state index is 0.0191. The van der Waals surface area contributed by atoms with E-state index < -0.39 is 21.8 Å². The second-order valence-corrected chi connectivity index (χ2v) is 16.2. The SMILES string of the molecule is [2H]c1cc([Si](C)(C)C)cc(C([2H])([2H])[2H])c1-c1cc(-c2cccc3c2oc2c3ccc3c4ccccc4ccc32)ncc1C([2H])([2H])[2H]. The molecule has 0 bridgehead atoms. The molecule has 7 aromatic rings. The summed E-state index contributed by atoms with van der Waals surface area (Å²) in [5.74, 6) is 0. The Kier molecular flexibility index (Phi) is 3.86. The number of hydrogen-bond acceptors (Lipinski definition) is 2. The summed E-state index contributed by atoms with van der Waals surface area (Å²) in [4.78, 5) is 4.59. The molecule has 190 valence electrons. The van der Waals surface area contributed by atoms with Crippen LogP contribution in [0, 0.1) is 13.7 Å². The van der Waals surface area contributed by atoms with Crippen LogP contribution in [0.5, 0.6) is 0 Å². The van der Waals surface area contributed by atoms with Gasteiger partial charge in [-0.25, -0.2) is 0 Å². The summed E-state index contributed by atoms with van der Waals surface area (Å²) in [6.45, 7) is 1.10. The second kappa shape index (κ2) is 8.65. The summed E-state index contributed by atoms with van der Waals surface area (Å²) in [7, 11) is -2.00. The molecule has 0 saturated carbocycles. The molecular weight excluding hydrogens is 490 g/mol. The molecule has 3 heteroatoms. The van der Waals surface area contributed by atoms with Gasteiger partial charge in [0.2, 0.25) is 0 Å². The van der Waals surface area contributed by atoms with E-state index in [1.165, 1.54) is 6.20 Å². The van der Waals surface area contributed by atoms with E-state index in [9.17, 15) is 0 Å². The molecule has 0 aliphatic carbocycles. The van der Waals surface area contributed by atoms with Crippen molar-refractivity contribution >= 4 is 56.7 Å². The minimum Gasteiger partial charge on any atom is -0.455 e. The Labute approximate surface area is 239 Å². The van der Waals surface area contributed by atoms with Crippen molar-refractivity contribution in [3.05, 3.63) is 108 Å². The molecule has 0 spiro atoms. The van der Waals surface area contributed by atoms with Gasteiger partial charge in [0.05, 0.1) is 15.1 Å². The first-order chi connectivity index (χ1) is 21.6. The zero-order valence-corrected chi connectivity index (χ0v) is 23.0. The van der Waals surface area contributed by atoms with Gasteiger partial charge in [-0.3, -0.25) is 4.98 Å². The Bertz CT molecular complexity index is 2350. The average molecular weight is 529 g/mol. The van der Waals surface area contributed by atoms with Crippen molar-refractivity contribution < 1.29 is 14.0 Å². The number of hydrogen-bond donors (Lipinski definition) is 0. The van der Waals surface area contributed by atoms with E-state index in [0.717, 1.165) is 43.1 Å². The topological polar surface area (TPSA) is 26.0 Å². The molecule has 0 atom stereocenters. The lowest BCUT2D eigenvalue weighted by atomic mass is 9.95. The molecule has 7 rings (SSSR count). The third-order valence-electron chi connectivity index (χ3n) is 7.64. The third kappa shape index (κ3) is 3.80. The van der Waals surface area contributed by atoms with Crippen molar-refractivity contribution in [3.8, 4) is 22.4 Å². The van der Waals surface area contributed by atoms with Gasteiger partial charge >= 0.3 is 0 Å². The van der Waals surface area contributed by atoms with E-state index >= 15 is 0 Å². The highest BCUT2D eigenvalue weighted by Gasteiger charge is 2.19. The van der Waals surface area contributed by atoms with Gasteiger partial charge in [0.1, 0.15) is 11.2 Å². The molecule has 39 heavy (non-hydrogen) atoms. The first kappa shape index (κ1) is 17.4. The Balaban J connectivity index is 1.51. The number of aryl methyl sites for hydroxylation is 2. The maximum absolute atomic E-state index is 9.01. The number of fused-ring (bicyclic) bond motifs is 7. The van der Waals surface area contributed by atoms with Crippen LogP contribution in [0.15, 0.2) is 102 Å². The predicted molar refractivity (Wildman–Crippen MR) is 170 cm³/mol. The number of furan rings is 1. The van der Waals surface area contributed by atoms with Crippen molar-refractivity contribution in [1.82, 2.24) is 4.98 Å². The summed E-state index contributed by atoms with van der Waals surface area (Å²) in [5, 5.41) is 6.98. The predicted octanol–water partition coefficient (Wildman–Crippen LogP) is 9.78. The van der Waals surface area contributed by atoms with Gasteiger partial charge in [0, 0.05) is 36.1 Å². The fraction of sp³-hybridized carbons (Fsp3) is 0.139. The summed E-state index contributed by atoms with van der Waals surface area (Å²) >= 11 is 0. The number of pyridine rings is 1. The Morgan fingerprint density at radius 1 is 0.667 bits per heavy atom. The number of aromatic nitrogens is 1. The third-order valence-corrected chi connectivity index (χ3v) is 9.66. The molecule has 0 aliphatic rings. The fourth-order valence-corrected chi connectivity index (χ4v) is 6.59. The first-order valence-corrected chi connectivity index (χ1v) is 16.6. The van der Waals surface area contributed by atoms with Gasteiger partial charge in [0.15, 0.2) is 0 Å². The highest BCUT2D eigenvalue weighted by atomic mass is 28.3. The molecule has 2 nitrogen and oxygen atoms in total. The zero-order valence-electron chi connectivity index (χ0n) is 29.0. The monoisotopic (exact) mass is 528 g/mol. The van der Waals surface area contributed by atoms with Crippen LogP contribution in [0.1, 0.15) is 20.7 Å². The molecule has 0 N–H and O–H groups in total. The van der Waals surface area contributed by atoms with Crippen LogP contribution in [-0.2, 0) is 0 Å². The number of rotatable bonds is 3. The molecule has 0 fully saturated rings. The Hall–Kier alpha value is -4.21. The quantitative estimate of drug-likeness (QED) is 0.168. The average Bonchev–Trinajstić information content (AvgIpc) is 3.38. The number of para-hydroxylation sites is 1. The van der Waals surface area contributed by atoms with Gasteiger partial charge in [-0.05, 0) is 76.4 Å². The molecule has 2 aromatic heterocycles. The van der Waals surface area contributed by atoms with Crippen LogP contribution in [0.3, 0.4) is 0 Å². The van der Waals surface area contributed by atoms with E-state index in [2.05, 4.69) is 61.0 Å². The summed E-state index contributed by atoms with van der Waals surface area (Å²) in [5.41, 5.74) is 2.51. The summed E-state index contributed by atoms with van der Waals surface area (Å²) < 4.78 is 65.7. The molecular formula is C36H31NOSi. The lowest BCUT2D eigenvalue weighted by molar-refractivity contribution is 0.673. The molecule has 0 aliphatic heterocycles. The van der Waals surface area contributed by atoms with Gasteiger partial charge in [-0.1, -0.05) is 91.5 Å². The van der Waals surface area contributed by atoms with E-state index in [1.54, 1.807) is 18.2 Å². The van der Waals surface area contributed by atoms with Crippen LogP contribution < -0.4 is 5.19 Å². The van der Waals surface area contributed by atoms with E-state index in [-0.39, 0.29) is 28.3 Å². The van der Waals surface area contributed by atoms with Gasteiger partial charge in [-0.2, -0.15) is 0 Å². The van der Waals surface area contributed by atoms with Gasteiger partial charge in [0.25, 0.3) is 0 Å².